The number of halogens is 6. The first-order valence-electron chi connectivity index (χ1n) is 9.66. The Morgan fingerprint density at radius 2 is 1.71 bits per heavy atom. The second-order valence-electron chi connectivity index (χ2n) is 7.24. The molecule has 0 bridgehead atoms. The van der Waals surface area contributed by atoms with Crippen LogP contribution in [0.25, 0.3) is 28.2 Å². The molecule has 0 saturated carbocycles. The summed E-state index contributed by atoms with van der Waals surface area (Å²) in [6.07, 6.45) is -3.44. The van der Waals surface area contributed by atoms with Crippen LogP contribution in [0.3, 0.4) is 0 Å². The molecule has 0 unspecified atom stereocenters. The van der Waals surface area contributed by atoms with Crippen LogP contribution in [0.15, 0.2) is 59.2 Å². The molecule has 0 spiro atoms. The van der Waals surface area contributed by atoms with Crippen LogP contribution in [0.5, 0.6) is 5.75 Å². The minimum atomic E-state index is -4.83. The van der Waals surface area contributed by atoms with Gasteiger partial charge in [-0.1, -0.05) is 21.1 Å². The normalized spacial score (nSPS) is 12.1. The lowest BCUT2D eigenvalue weighted by Crippen LogP contribution is -2.33. The summed E-state index contributed by atoms with van der Waals surface area (Å²) in [6, 6.07) is 11.0. The van der Waals surface area contributed by atoms with Crippen molar-refractivity contribution in [3.63, 3.8) is 0 Å². The molecule has 14 heteroatoms. The Morgan fingerprint density at radius 3 is 2.34 bits per heavy atom. The van der Waals surface area contributed by atoms with Gasteiger partial charge in [0, 0.05) is 22.6 Å². The van der Waals surface area contributed by atoms with E-state index in [0.29, 0.717) is 27.0 Å². The van der Waals surface area contributed by atoms with Gasteiger partial charge in [0.1, 0.15) is 11.4 Å². The van der Waals surface area contributed by atoms with Gasteiger partial charge in [-0.05, 0) is 48.5 Å². The molecule has 35 heavy (non-hydrogen) atoms. The number of nitrogens with two attached hydrogens (primary N) is 1. The largest absolute Gasteiger partial charge is 0.573 e. The molecule has 0 aliphatic carbocycles. The summed E-state index contributed by atoms with van der Waals surface area (Å²) in [5.41, 5.74) is 5.86. The Labute approximate surface area is 202 Å². The van der Waals surface area contributed by atoms with Crippen LogP contribution in [-0.2, 0) is 17.8 Å². The zero-order valence-corrected chi connectivity index (χ0v) is 19.2. The fourth-order valence-electron chi connectivity index (χ4n) is 3.33. The maximum Gasteiger partial charge on any atom is 0.573 e. The van der Waals surface area contributed by atoms with Crippen molar-refractivity contribution in [1.82, 2.24) is 24.8 Å². The van der Waals surface area contributed by atoms with E-state index >= 15 is 0 Å². The zero-order valence-electron chi connectivity index (χ0n) is 17.6. The molecule has 0 radical (unpaired) electrons. The number of ether oxygens (including phenoxy) is 1. The average molecular weight is 557 g/mol. The van der Waals surface area contributed by atoms with Gasteiger partial charge in [0.2, 0.25) is 0 Å². The highest BCUT2D eigenvalue weighted by Crippen LogP contribution is 2.35. The van der Waals surface area contributed by atoms with Crippen LogP contribution in [-0.4, -0.2) is 37.0 Å². The maximum absolute atomic E-state index is 14.2. The van der Waals surface area contributed by atoms with Crippen LogP contribution in [0.1, 0.15) is 5.69 Å². The number of carbonyl (C=O) groups is 1. The molecule has 0 aliphatic heterocycles. The summed E-state index contributed by atoms with van der Waals surface area (Å²) in [7, 11) is 1.42. The molecular formula is C21H14BrF5N6O2. The molecule has 2 heterocycles. The molecule has 2 aromatic heterocycles. The van der Waals surface area contributed by atoms with Crippen molar-refractivity contribution in [1.29, 1.82) is 0 Å². The van der Waals surface area contributed by atoms with Gasteiger partial charge in [-0.25, -0.2) is 4.68 Å². The summed E-state index contributed by atoms with van der Waals surface area (Å²) in [5, 5.41) is 11.7. The number of rotatable bonds is 6. The Hall–Kier alpha value is -3.81. The zero-order chi connectivity index (χ0) is 25.5. The predicted octanol–water partition coefficient (Wildman–Crippen LogP) is 4.57. The number of benzene rings is 2. The maximum atomic E-state index is 14.2. The van der Waals surface area contributed by atoms with Gasteiger partial charge in [0.15, 0.2) is 0 Å². The smallest absolute Gasteiger partial charge is 0.406 e. The molecule has 4 rings (SSSR count). The second kappa shape index (κ2) is 8.76. The summed E-state index contributed by atoms with van der Waals surface area (Å²) in [6.45, 7) is 0. The fraction of sp³-hybridized carbons (Fsp3) is 0.143. The van der Waals surface area contributed by atoms with Crippen molar-refractivity contribution in [2.24, 2.45) is 12.8 Å². The number of alkyl halides is 5. The number of primary amides is 1. The monoisotopic (exact) mass is 556 g/mol. The van der Waals surface area contributed by atoms with E-state index in [9.17, 15) is 26.7 Å². The number of aryl methyl sites for hydroxylation is 1. The van der Waals surface area contributed by atoms with Gasteiger partial charge in [-0.3, -0.25) is 9.48 Å². The number of hydrogen-bond acceptors (Lipinski definition) is 5. The first kappa shape index (κ1) is 24.3. The third-order valence-electron chi connectivity index (χ3n) is 4.91. The third kappa shape index (κ3) is 4.87. The van der Waals surface area contributed by atoms with E-state index in [1.165, 1.54) is 34.7 Å². The van der Waals surface area contributed by atoms with Gasteiger partial charge in [-0.2, -0.15) is 13.9 Å². The number of carbonyl (C=O) groups excluding carboxylic acids is 1. The topological polar surface area (TPSA) is 101 Å². The van der Waals surface area contributed by atoms with E-state index in [4.69, 9.17) is 5.73 Å². The first-order chi connectivity index (χ1) is 16.4. The highest BCUT2D eigenvalue weighted by molar-refractivity contribution is 9.10. The number of aromatic nitrogens is 5. The van der Waals surface area contributed by atoms with Crippen molar-refractivity contribution in [3.8, 4) is 34.0 Å². The van der Waals surface area contributed by atoms with E-state index in [-0.39, 0.29) is 5.69 Å². The SMILES string of the molecule is Cn1nc(C(F)(F)C(N)=O)cc1-c1ccc(Br)cc1-n1nncc1-c1ccc(OC(F)(F)F)cc1. The van der Waals surface area contributed by atoms with Crippen LogP contribution in [0.4, 0.5) is 22.0 Å². The van der Waals surface area contributed by atoms with Crippen LogP contribution in [0.2, 0.25) is 0 Å². The van der Waals surface area contributed by atoms with E-state index in [1.54, 1.807) is 18.2 Å². The number of nitrogens with zero attached hydrogens (tertiary/aromatic N) is 5. The van der Waals surface area contributed by atoms with Gasteiger partial charge in [0.25, 0.3) is 5.91 Å². The molecule has 2 N–H and O–H groups in total. The van der Waals surface area contributed by atoms with Crippen molar-refractivity contribution in [2.45, 2.75) is 12.3 Å². The van der Waals surface area contributed by atoms with Crippen molar-refractivity contribution < 1.29 is 31.5 Å². The summed E-state index contributed by atoms with van der Waals surface area (Å²) in [4.78, 5) is 11.2. The Morgan fingerprint density at radius 1 is 1.03 bits per heavy atom. The quantitative estimate of drug-likeness (QED) is 0.350. The van der Waals surface area contributed by atoms with Crippen molar-refractivity contribution in [3.05, 3.63) is 64.9 Å². The molecule has 2 aromatic carbocycles. The third-order valence-corrected chi connectivity index (χ3v) is 5.40. The molecule has 1 amide bonds. The predicted molar refractivity (Wildman–Crippen MR) is 116 cm³/mol. The lowest BCUT2D eigenvalue weighted by atomic mass is 10.1. The van der Waals surface area contributed by atoms with E-state index in [1.807, 2.05) is 0 Å². The summed E-state index contributed by atoms with van der Waals surface area (Å²) in [5.74, 6) is -6.22. The highest BCUT2D eigenvalue weighted by Gasteiger charge is 2.42. The van der Waals surface area contributed by atoms with Crippen LogP contribution in [0, 0.1) is 0 Å². The van der Waals surface area contributed by atoms with Crippen molar-refractivity contribution in [2.75, 3.05) is 0 Å². The van der Waals surface area contributed by atoms with Gasteiger partial charge in [-0.15, -0.1) is 18.3 Å². The van der Waals surface area contributed by atoms with E-state index in [2.05, 4.69) is 36.1 Å². The van der Waals surface area contributed by atoms with Crippen molar-refractivity contribution >= 4 is 21.8 Å². The molecule has 0 atom stereocenters. The first-order valence-corrected chi connectivity index (χ1v) is 10.5. The molecule has 0 aliphatic rings. The summed E-state index contributed by atoms with van der Waals surface area (Å²) < 4.78 is 72.8. The highest BCUT2D eigenvalue weighted by atomic mass is 79.9. The molecule has 0 saturated heterocycles. The minimum absolute atomic E-state index is 0.221. The van der Waals surface area contributed by atoms with Gasteiger partial charge < -0.3 is 10.5 Å². The second-order valence-corrected chi connectivity index (χ2v) is 8.16. The lowest BCUT2D eigenvalue weighted by Gasteiger charge is -2.13. The Balaban J connectivity index is 1.80. The van der Waals surface area contributed by atoms with E-state index < -0.39 is 29.6 Å². The fourth-order valence-corrected chi connectivity index (χ4v) is 3.68. The average Bonchev–Trinajstić information content (AvgIpc) is 3.40. The summed E-state index contributed by atoms with van der Waals surface area (Å²) >= 11 is 3.36. The van der Waals surface area contributed by atoms with Crippen LogP contribution >= 0.6 is 15.9 Å². The standard InChI is InChI=1S/C21H14BrF5N6O2/c1-32-15(9-18(30-32)20(23,24)19(28)34)14-7-4-12(22)8-16(14)33-17(10-29-31-33)11-2-5-13(6-3-11)35-21(25,26)27/h2-10H,1H3,(H2,28,34). The number of amides is 1. The number of hydrogen-bond donors (Lipinski definition) is 1. The van der Waals surface area contributed by atoms with E-state index in [0.717, 1.165) is 18.2 Å². The molecular weight excluding hydrogens is 543 g/mol. The Kier molecular flexibility index (Phi) is 6.09. The molecule has 182 valence electrons. The van der Waals surface area contributed by atoms with Gasteiger partial charge >= 0.3 is 12.3 Å². The Bertz CT molecular complexity index is 1400. The lowest BCUT2D eigenvalue weighted by molar-refractivity contribution is -0.274. The molecule has 0 fully saturated rings. The molecule has 4 aromatic rings. The van der Waals surface area contributed by atoms with Gasteiger partial charge in [0.05, 0.1) is 23.3 Å². The van der Waals surface area contributed by atoms with Crippen LogP contribution < -0.4 is 10.5 Å². The molecule has 8 nitrogen and oxygen atoms in total. The minimum Gasteiger partial charge on any atom is -0.406 e.